The molecule has 2 atom stereocenters. The van der Waals surface area contributed by atoms with Crippen LogP contribution < -0.4 is 0 Å². The topological polar surface area (TPSA) is 74.6 Å². The van der Waals surface area contributed by atoms with Crippen LogP contribution in [0.3, 0.4) is 0 Å². The number of benzene rings is 1. The molecule has 0 fully saturated rings. The van der Waals surface area contributed by atoms with Gasteiger partial charge in [-0.1, -0.05) is 22.0 Å². The van der Waals surface area contributed by atoms with E-state index in [9.17, 15) is 14.7 Å². The Labute approximate surface area is 118 Å². The largest absolute Gasteiger partial charge is 0.479 e. The Morgan fingerprint density at radius 3 is 2.44 bits per heavy atom. The molecule has 4 nitrogen and oxygen atoms in total. The fourth-order valence-corrected chi connectivity index (χ4v) is 2.63. The van der Waals surface area contributed by atoms with Gasteiger partial charge in [-0.15, -0.1) is 11.8 Å². The summed E-state index contributed by atoms with van der Waals surface area (Å²) in [7, 11) is 0. The summed E-state index contributed by atoms with van der Waals surface area (Å²) in [6.45, 7) is 1.45. The number of carbonyl (C=O) groups is 2. The molecule has 0 amide bonds. The number of thioether (sulfide) groups is 1. The third-order valence-electron chi connectivity index (χ3n) is 2.43. The predicted octanol–water partition coefficient (Wildman–Crippen LogP) is 2.55. The lowest BCUT2D eigenvalue weighted by Gasteiger charge is -2.14. The van der Waals surface area contributed by atoms with Crippen molar-refractivity contribution in [3.05, 3.63) is 29.3 Å². The van der Waals surface area contributed by atoms with Crippen LogP contribution in [0.4, 0.5) is 0 Å². The molecular formula is C12H13BrO4S. The molecular weight excluding hydrogens is 320 g/mol. The second-order valence-corrected chi connectivity index (χ2v) is 5.48. The first-order valence-electron chi connectivity index (χ1n) is 5.11. The van der Waals surface area contributed by atoms with E-state index in [2.05, 4.69) is 15.9 Å². The minimum atomic E-state index is -1.58. The van der Waals surface area contributed by atoms with Gasteiger partial charge in [-0.25, -0.2) is 4.79 Å². The molecule has 2 unspecified atom stereocenters. The number of hydrogen-bond donors (Lipinski definition) is 2. The van der Waals surface area contributed by atoms with Gasteiger partial charge in [0.25, 0.3) is 0 Å². The quantitative estimate of drug-likeness (QED) is 0.640. The maximum atomic E-state index is 11.4. The van der Waals surface area contributed by atoms with Crippen molar-refractivity contribution in [2.45, 2.75) is 22.8 Å². The van der Waals surface area contributed by atoms with Crippen LogP contribution >= 0.6 is 27.7 Å². The van der Waals surface area contributed by atoms with Crippen LogP contribution in [0.15, 0.2) is 23.1 Å². The van der Waals surface area contributed by atoms with Crippen LogP contribution in [0.2, 0.25) is 0 Å². The summed E-state index contributed by atoms with van der Waals surface area (Å²) in [5, 5.41) is 18.3. The van der Waals surface area contributed by atoms with Crippen LogP contribution in [0.5, 0.6) is 0 Å². The average molecular weight is 333 g/mol. The molecule has 1 aromatic rings. The van der Waals surface area contributed by atoms with Crippen molar-refractivity contribution in [2.24, 2.45) is 0 Å². The third kappa shape index (κ3) is 3.34. The molecule has 0 bridgehead atoms. The molecule has 0 radical (unpaired) electrons. The predicted molar refractivity (Wildman–Crippen MR) is 73.2 cm³/mol. The number of aliphatic hydroxyl groups excluding tert-OH is 1. The standard InChI is InChI=1S/C12H13BrO4S/c1-6(14)10(13)8-5-7(11(15)12(16)17)3-4-9(8)18-2/h3-5,10-11,15H,1-2H3,(H,16,17). The van der Waals surface area contributed by atoms with E-state index in [-0.39, 0.29) is 11.3 Å². The Hall–Kier alpha value is -0.850. The first-order valence-corrected chi connectivity index (χ1v) is 7.25. The SMILES string of the molecule is CSc1ccc(C(O)C(=O)O)cc1C(Br)C(C)=O. The minimum Gasteiger partial charge on any atom is -0.479 e. The molecule has 0 aliphatic rings. The highest BCUT2D eigenvalue weighted by molar-refractivity contribution is 9.09. The van der Waals surface area contributed by atoms with E-state index in [1.54, 1.807) is 18.2 Å². The summed E-state index contributed by atoms with van der Waals surface area (Å²) >= 11 is 4.73. The summed E-state index contributed by atoms with van der Waals surface area (Å²) in [5.41, 5.74) is 0.939. The van der Waals surface area contributed by atoms with E-state index < -0.39 is 16.9 Å². The zero-order valence-electron chi connectivity index (χ0n) is 9.88. The number of hydrogen-bond acceptors (Lipinski definition) is 4. The first-order chi connectivity index (χ1) is 8.38. The summed E-state index contributed by atoms with van der Waals surface area (Å²) in [5.74, 6) is -1.39. The van der Waals surface area contributed by atoms with Gasteiger partial charge in [0.05, 0.1) is 4.83 Å². The molecule has 0 spiro atoms. The highest BCUT2D eigenvalue weighted by Crippen LogP contribution is 2.34. The molecule has 0 aromatic heterocycles. The number of carboxylic acids is 1. The fraction of sp³-hybridized carbons (Fsp3) is 0.333. The minimum absolute atomic E-state index is 0.0766. The Balaban J connectivity index is 3.25. The normalized spacial score (nSPS) is 14.0. The molecule has 6 heteroatoms. The highest BCUT2D eigenvalue weighted by atomic mass is 79.9. The van der Waals surface area contributed by atoms with Gasteiger partial charge in [-0.05, 0) is 36.4 Å². The van der Waals surface area contributed by atoms with E-state index >= 15 is 0 Å². The number of alkyl halides is 1. The maximum absolute atomic E-state index is 11.4. The van der Waals surface area contributed by atoms with Crippen LogP contribution in [0.1, 0.15) is 29.0 Å². The molecule has 2 N–H and O–H groups in total. The van der Waals surface area contributed by atoms with Gasteiger partial charge in [0.15, 0.2) is 6.10 Å². The Morgan fingerprint density at radius 2 is 2.00 bits per heavy atom. The zero-order valence-corrected chi connectivity index (χ0v) is 12.3. The van der Waals surface area contributed by atoms with Gasteiger partial charge in [0, 0.05) is 4.90 Å². The Morgan fingerprint density at radius 1 is 1.39 bits per heavy atom. The van der Waals surface area contributed by atoms with Gasteiger partial charge < -0.3 is 10.2 Å². The van der Waals surface area contributed by atoms with Gasteiger partial charge in [0.1, 0.15) is 5.78 Å². The number of ketones is 1. The van der Waals surface area contributed by atoms with Crippen LogP contribution in [0.25, 0.3) is 0 Å². The van der Waals surface area contributed by atoms with Crippen molar-refractivity contribution in [3.8, 4) is 0 Å². The van der Waals surface area contributed by atoms with Crippen molar-refractivity contribution in [1.29, 1.82) is 0 Å². The number of carboxylic acid groups (broad SMARTS) is 1. The Kier molecular flexibility index (Phi) is 5.37. The van der Waals surface area contributed by atoms with Crippen molar-refractivity contribution in [2.75, 3.05) is 6.26 Å². The molecule has 0 saturated carbocycles. The molecule has 1 rings (SSSR count). The maximum Gasteiger partial charge on any atom is 0.337 e. The smallest absolute Gasteiger partial charge is 0.337 e. The van der Waals surface area contributed by atoms with E-state index in [0.29, 0.717) is 5.56 Å². The van der Waals surface area contributed by atoms with Crippen LogP contribution in [0, 0.1) is 0 Å². The van der Waals surface area contributed by atoms with E-state index in [1.807, 2.05) is 6.26 Å². The third-order valence-corrected chi connectivity index (χ3v) is 4.38. The lowest BCUT2D eigenvalue weighted by Crippen LogP contribution is -2.12. The molecule has 0 heterocycles. The first kappa shape index (κ1) is 15.2. The van der Waals surface area contributed by atoms with Crippen molar-refractivity contribution < 1.29 is 19.8 Å². The highest BCUT2D eigenvalue weighted by Gasteiger charge is 2.21. The van der Waals surface area contributed by atoms with Gasteiger partial charge >= 0.3 is 5.97 Å². The zero-order chi connectivity index (χ0) is 13.9. The van der Waals surface area contributed by atoms with E-state index in [1.165, 1.54) is 18.7 Å². The van der Waals surface area contributed by atoms with E-state index in [0.717, 1.165) is 4.90 Å². The van der Waals surface area contributed by atoms with Crippen LogP contribution in [-0.4, -0.2) is 28.2 Å². The number of aliphatic carboxylic acids is 1. The average Bonchev–Trinajstić information content (AvgIpc) is 2.35. The van der Waals surface area contributed by atoms with Crippen molar-refractivity contribution in [3.63, 3.8) is 0 Å². The second kappa shape index (κ2) is 6.36. The van der Waals surface area contributed by atoms with Gasteiger partial charge in [-0.3, -0.25) is 4.79 Å². The number of aliphatic hydroxyl groups is 1. The van der Waals surface area contributed by atoms with Gasteiger partial charge in [0.2, 0.25) is 0 Å². The summed E-state index contributed by atoms with van der Waals surface area (Å²) in [6.07, 6.45) is 0.290. The summed E-state index contributed by atoms with van der Waals surface area (Å²) in [6, 6.07) is 4.80. The second-order valence-electron chi connectivity index (χ2n) is 3.72. The molecule has 0 aliphatic carbocycles. The van der Waals surface area contributed by atoms with Gasteiger partial charge in [-0.2, -0.15) is 0 Å². The molecule has 0 aliphatic heterocycles. The number of Topliss-reactive ketones (excluding diaryl/α,β-unsaturated/α-hetero) is 1. The van der Waals surface area contributed by atoms with E-state index in [4.69, 9.17) is 5.11 Å². The summed E-state index contributed by atoms with van der Waals surface area (Å²) < 4.78 is 0. The Bertz CT molecular complexity index is 475. The van der Waals surface area contributed by atoms with Crippen molar-refractivity contribution in [1.82, 2.24) is 0 Å². The van der Waals surface area contributed by atoms with Crippen LogP contribution in [-0.2, 0) is 9.59 Å². The number of rotatable bonds is 5. The number of halogens is 1. The lowest BCUT2D eigenvalue weighted by atomic mass is 10.0. The fourth-order valence-electron chi connectivity index (χ4n) is 1.48. The summed E-state index contributed by atoms with van der Waals surface area (Å²) in [4.78, 5) is 22.5. The molecule has 1 aromatic carbocycles. The molecule has 98 valence electrons. The molecule has 18 heavy (non-hydrogen) atoms. The monoisotopic (exact) mass is 332 g/mol. The van der Waals surface area contributed by atoms with Crippen molar-refractivity contribution >= 4 is 39.4 Å². The number of carbonyl (C=O) groups excluding carboxylic acids is 1. The molecule has 0 saturated heterocycles. The lowest BCUT2D eigenvalue weighted by molar-refractivity contribution is -0.146.